The van der Waals surface area contributed by atoms with Gasteiger partial charge in [-0.15, -0.1) is 0 Å². The maximum atomic E-state index is 12.7. The number of quaternary nitrogens is 1. The van der Waals surface area contributed by atoms with Gasteiger partial charge < -0.3 is 15.1 Å². The van der Waals surface area contributed by atoms with Gasteiger partial charge in [0.1, 0.15) is 6.54 Å². The molecule has 2 N–H and O–H groups in total. The summed E-state index contributed by atoms with van der Waals surface area (Å²) in [5.74, 6) is -0.0251. The molecule has 0 radical (unpaired) electrons. The van der Waals surface area contributed by atoms with E-state index in [0.717, 1.165) is 16.0 Å². The normalized spacial score (nSPS) is 13.0. The SMILES string of the molecule is CNC(=O)c1ccc(C[NH+](C)[C@H](C(=O)N(C)C)c2ccccc2)cc1. The minimum atomic E-state index is -0.269. The number of hydrogen-bond donors (Lipinski definition) is 2. The van der Waals surface area contributed by atoms with E-state index in [1.165, 1.54) is 0 Å². The summed E-state index contributed by atoms with van der Waals surface area (Å²) in [6, 6.07) is 17.1. The van der Waals surface area contributed by atoms with Crippen LogP contribution in [0.4, 0.5) is 0 Å². The molecule has 2 rings (SSSR count). The first kappa shape index (κ1) is 18.7. The summed E-state index contributed by atoms with van der Waals surface area (Å²) in [5.41, 5.74) is 2.71. The lowest BCUT2D eigenvalue weighted by molar-refractivity contribution is -0.916. The zero-order chi connectivity index (χ0) is 18.4. The third-order valence-electron chi connectivity index (χ3n) is 4.24. The van der Waals surface area contributed by atoms with E-state index in [1.807, 2.05) is 61.6 Å². The molecule has 0 bridgehead atoms. The van der Waals surface area contributed by atoms with Gasteiger partial charge in [0, 0.05) is 37.8 Å². The fourth-order valence-corrected chi connectivity index (χ4v) is 2.88. The van der Waals surface area contributed by atoms with Crippen molar-refractivity contribution < 1.29 is 14.5 Å². The Labute approximate surface area is 149 Å². The van der Waals surface area contributed by atoms with Gasteiger partial charge in [0.05, 0.1) is 7.05 Å². The van der Waals surface area contributed by atoms with Crippen LogP contribution in [0.3, 0.4) is 0 Å². The summed E-state index contributed by atoms with van der Waals surface area (Å²) in [5, 5.41) is 2.61. The van der Waals surface area contributed by atoms with E-state index in [-0.39, 0.29) is 17.9 Å². The molecular formula is C20H26N3O2+. The zero-order valence-electron chi connectivity index (χ0n) is 15.2. The Kier molecular flexibility index (Phi) is 6.31. The number of nitrogens with one attached hydrogen (secondary N) is 2. The van der Waals surface area contributed by atoms with Crippen molar-refractivity contribution in [2.75, 3.05) is 28.2 Å². The summed E-state index contributed by atoms with van der Waals surface area (Å²) in [6.07, 6.45) is 0. The molecule has 0 spiro atoms. The Balaban J connectivity index is 2.21. The number of carbonyl (C=O) groups is 2. The van der Waals surface area contributed by atoms with Crippen LogP contribution < -0.4 is 10.2 Å². The third kappa shape index (κ3) is 4.67. The molecule has 1 unspecified atom stereocenters. The van der Waals surface area contributed by atoms with Crippen molar-refractivity contribution in [1.82, 2.24) is 10.2 Å². The molecule has 0 aliphatic carbocycles. The first-order valence-electron chi connectivity index (χ1n) is 8.33. The molecule has 0 fully saturated rings. The predicted octanol–water partition coefficient (Wildman–Crippen LogP) is 0.890. The van der Waals surface area contributed by atoms with Crippen LogP contribution >= 0.6 is 0 Å². The van der Waals surface area contributed by atoms with Crippen LogP contribution in [-0.2, 0) is 11.3 Å². The lowest BCUT2D eigenvalue weighted by Crippen LogP contribution is -3.09. The number of likely N-dealkylation sites (N-methyl/N-ethyl adjacent to an activating group) is 2. The van der Waals surface area contributed by atoms with Crippen LogP contribution in [0.25, 0.3) is 0 Å². The highest BCUT2D eigenvalue weighted by Crippen LogP contribution is 2.12. The van der Waals surface area contributed by atoms with Crippen LogP contribution in [0.2, 0.25) is 0 Å². The molecule has 0 saturated heterocycles. The van der Waals surface area contributed by atoms with Crippen molar-refractivity contribution in [2.24, 2.45) is 0 Å². The van der Waals surface area contributed by atoms with Crippen LogP contribution in [-0.4, -0.2) is 44.9 Å². The molecule has 0 heterocycles. The molecule has 0 aromatic heterocycles. The predicted molar refractivity (Wildman–Crippen MR) is 98.3 cm³/mol. The maximum absolute atomic E-state index is 12.7. The molecule has 0 aliphatic heterocycles. The van der Waals surface area contributed by atoms with Crippen molar-refractivity contribution in [2.45, 2.75) is 12.6 Å². The number of benzene rings is 2. The smallest absolute Gasteiger partial charge is 0.285 e. The minimum Gasteiger partial charge on any atom is -0.355 e. The van der Waals surface area contributed by atoms with Gasteiger partial charge >= 0.3 is 0 Å². The van der Waals surface area contributed by atoms with E-state index in [0.29, 0.717) is 12.1 Å². The molecule has 5 heteroatoms. The van der Waals surface area contributed by atoms with Gasteiger partial charge in [0.15, 0.2) is 6.04 Å². The summed E-state index contributed by atoms with van der Waals surface area (Å²) in [6.45, 7) is 0.688. The summed E-state index contributed by atoms with van der Waals surface area (Å²) in [7, 11) is 7.20. The fourth-order valence-electron chi connectivity index (χ4n) is 2.88. The van der Waals surface area contributed by atoms with Crippen LogP contribution in [0.5, 0.6) is 0 Å². The van der Waals surface area contributed by atoms with E-state index >= 15 is 0 Å². The van der Waals surface area contributed by atoms with E-state index in [4.69, 9.17) is 0 Å². The highest BCUT2D eigenvalue weighted by Gasteiger charge is 2.30. The van der Waals surface area contributed by atoms with Crippen molar-refractivity contribution >= 4 is 11.8 Å². The van der Waals surface area contributed by atoms with E-state index in [1.54, 1.807) is 26.0 Å². The van der Waals surface area contributed by atoms with Crippen LogP contribution in [0, 0.1) is 0 Å². The summed E-state index contributed by atoms with van der Waals surface area (Å²) < 4.78 is 0. The Morgan fingerprint density at radius 2 is 1.64 bits per heavy atom. The number of rotatable bonds is 6. The van der Waals surface area contributed by atoms with E-state index in [9.17, 15) is 9.59 Å². The monoisotopic (exact) mass is 340 g/mol. The quantitative estimate of drug-likeness (QED) is 0.821. The molecule has 0 aliphatic rings. The number of amides is 2. The van der Waals surface area contributed by atoms with Gasteiger partial charge in [-0.25, -0.2) is 0 Å². The molecule has 132 valence electrons. The first-order chi connectivity index (χ1) is 11.9. The molecular weight excluding hydrogens is 314 g/mol. The molecule has 2 amide bonds. The number of carbonyl (C=O) groups excluding carboxylic acids is 2. The van der Waals surface area contributed by atoms with Crippen molar-refractivity contribution in [1.29, 1.82) is 0 Å². The molecule has 2 atom stereocenters. The largest absolute Gasteiger partial charge is 0.355 e. The van der Waals surface area contributed by atoms with Crippen LogP contribution in [0.15, 0.2) is 54.6 Å². The standard InChI is InChI=1S/C20H25N3O2/c1-21-19(24)17-12-10-15(11-13-17)14-23(4)18(20(25)22(2)3)16-8-6-5-7-9-16/h5-13,18H,14H2,1-4H3,(H,21,24)/p+1/t18-/m0/s1. The average Bonchev–Trinajstić information content (AvgIpc) is 2.62. The second-order valence-corrected chi connectivity index (χ2v) is 6.38. The Morgan fingerprint density at radius 3 is 2.16 bits per heavy atom. The highest BCUT2D eigenvalue weighted by atomic mass is 16.2. The Hall–Kier alpha value is -2.66. The van der Waals surface area contributed by atoms with Crippen molar-refractivity contribution in [3.63, 3.8) is 0 Å². The molecule has 2 aromatic carbocycles. The Bertz CT molecular complexity index is 711. The molecule has 25 heavy (non-hydrogen) atoms. The summed E-state index contributed by atoms with van der Waals surface area (Å²) >= 11 is 0. The molecule has 0 saturated carbocycles. The van der Waals surface area contributed by atoms with E-state index in [2.05, 4.69) is 5.32 Å². The van der Waals surface area contributed by atoms with E-state index < -0.39 is 0 Å². The molecule has 5 nitrogen and oxygen atoms in total. The lowest BCUT2D eigenvalue weighted by Gasteiger charge is -2.27. The lowest BCUT2D eigenvalue weighted by atomic mass is 10.0. The maximum Gasteiger partial charge on any atom is 0.285 e. The minimum absolute atomic E-state index is 0.0747. The topological polar surface area (TPSA) is 53.9 Å². The average molecular weight is 340 g/mol. The second-order valence-electron chi connectivity index (χ2n) is 6.38. The second kappa shape index (κ2) is 8.44. The first-order valence-corrected chi connectivity index (χ1v) is 8.33. The van der Waals surface area contributed by atoms with Crippen molar-refractivity contribution in [3.05, 3.63) is 71.3 Å². The van der Waals surface area contributed by atoms with Crippen LogP contribution in [0.1, 0.15) is 27.5 Å². The molecule has 2 aromatic rings. The van der Waals surface area contributed by atoms with Gasteiger partial charge in [0.2, 0.25) is 0 Å². The van der Waals surface area contributed by atoms with Gasteiger partial charge in [-0.2, -0.15) is 0 Å². The number of nitrogens with zero attached hydrogens (tertiary/aromatic N) is 1. The van der Waals surface area contributed by atoms with Crippen molar-refractivity contribution in [3.8, 4) is 0 Å². The van der Waals surface area contributed by atoms with Gasteiger partial charge in [-0.1, -0.05) is 42.5 Å². The fraction of sp³-hybridized carbons (Fsp3) is 0.300. The summed E-state index contributed by atoms with van der Waals surface area (Å²) in [4.78, 5) is 27.1. The number of hydrogen-bond acceptors (Lipinski definition) is 2. The van der Waals surface area contributed by atoms with Gasteiger partial charge in [-0.05, 0) is 12.1 Å². The van der Waals surface area contributed by atoms with Gasteiger partial charge in [0.25, 0.3) is 11.8 Å². The Morgan fingerprint density at radius 1 is 1.04 bits per heavy atom. The third-order valence-corrected chi connectivity index (χ3v) is 4.24. The zero-order valence-corrected chi connectivity index (χ0v) is 15.2. The van der Waals surface area contributed by atoms with Gasteiger partial charge in [-0.3, -0.25) is 9.59 Å². The highest BCUT2D eigenvalue weighted by molar-refractivity contribution is 5.93.